The number of aromatic hydroxyl groups is 1. The Morgan fingerprint density at radius 3 is 2.90 bits per heavy atom. The predicted octanol–water partition coefficient (Wildman–Crippen LogP) is 2.12. The number of nitrogens with one attached hydrogen (secondary N) is 2. The Balaban J connectivity index is 2.12. The molecule has 1 aliphatic rings. The predicted molar refractivity (Wildman–Crippen MR) is 78.1 cm³/mol. The van der Waals surface area contributed by atoms with Gasteiger partial charge in [-0.2, -0.15) is 0 Å². The van der Waals surface area contributed by atoms with Crippen molar-refractivity contribution in [2.24, 2.45) is 5.41 Å². The van der Waals surface area contributed by atoms with E-state index in [2.05, 4.69) is 10.6 Å². The molecule has 1 unspecified atom stereocenters. The quantitative estimate of drug-likeness (QED) is 0.789. The lowest BCUT2D eigenvalue weighted by molar-refractivity contribution is -0.126. The number of phenolic OH excluding ortho intramolecular Hbond substituents is 1. The van der Waals surface area contributed by atoms with Crippen molar-refractivity contribution in [1.29, 1.82) is 0 Å². The Morgan fingerprint density at radius 1 is 1.55 bits per heavy atom. The second-order valence-electron chi connectivity index (χ2n) is 5.25. The van der Waals surface area contributed by atoms with Gasteiger partial charge in [-0.15, -0.1) is 0 Å². The molecular formula is C15H22N2O3. The van der Waals surface area contributed by atoms with Gasteiger partial charge in [-0.25, -0.2) is 0 Å². The van der Waals surface area contributed by atoms with E-state index in [1.54, 1.807) is 12.1 Å². The molecule has 5 nitrogen and oxygen atoms in total. The lowest BCUT2D eigenvalue weighted by Gasteiger charge is -2.35. The van der Waals surface area contributed by atoms with Gasteiger partial charge in [0.25, 0.3) is 0 Å². The topological polar surface area (TPSA) is 70.6 Å². The number of piperidine rings is 1. The number of hydrogen-bond donors (Lipinski definition) is 3. The van der Waals surface area contributed by atoms with Crippen LogP contribution in [0.1, 0.15) is 26.2 Å². The summed E-state index contributed by atoms with van der Waals surface area (Å²) < 4.78 is 4.99. The maximum Gasteiger partial charge on any atom is 0.231 e. The number of anilines is 1. The highest BCUT2D eigenvalue weighted by atomic mass is 16.5. The summed E-state index contributed by atoms with van der Waals surface area (Å²) in [6, 6.07) is 4.88. The zero-order valence-corrected chi connectivity index (χ0v) is 12.0. The molecule has 0 spiro atoms. The van der Waals surface area contributed by atoms with Crippen LogP contribution in [0.25, 0.3) is 0 Å². The molecule has 5 heteroatoms. The minimum absolute atomic E-state index is 0.0109. The van der Waals surface area contributed by atoms with E-state index >= 15 is 0 Å². The summed E-state index contributed by atoms with van der Waals surface area (Å²) in [7, 11) is 1.49. The van der Waals surface area contributed by atoms with E-state index in [-0.39, 0.29) is 17.1 Å². The van der Waals surface area contributed by atoms with Gasteiger partial charge in [0.15, 0.2) is 11.5 Å². The lowest BCUT2D eigenvalue weighted by atomic mass is 9.77. The molecule has 1 aromatic rings. The largest absolute Gasteiger partial charge is 0.504 e. The summed E-state index contributed by atoms with van der Waals surface area (Å²) in [6.07, 6.45) is 2.70. The van der Waals surface area contributed by atoms with E-state index < -0.39 is 0 Å². The van der Waals surface area contributed by atoms with E-state index in [0.29, 0.717) is 18.0 Å². The minimum Gasteiger partial charge on any atom is -0.504 e. The average Bonchev–Trinajstić information content (AvgIpc) is 2.48. The van der Waals surface area contributed by atoms with Crippen LogP contribution < -0.4 is 15.4 Å². The minimum atomic E-state index is -0.353. The first kappa shape index (κ1) is 14.7. The lowest BCUT2D eigenvalue weighted by Crippen LogP contribution is -2.47. The van der Waals surface area contributed by atoms with Crippen molar-refractivity contribution in [2.45, 2.75) is 26.2 Å². The fourth-order valence-electron chi connectivity index (χ4n) is 2.66. The maximum atomic E-state index is 12.5. The third kappa shape index (κ3) is 2.88. The number of carbonyl (C=O) groups is 1. The molecule has 1 saturated heterocycles. The van der Waals surface area contributed by atoms with Gasteiger partial charge in [-0.1, -0.05) is 6.92 Å². The van der Waals surface area contributed by atoms with Crippen molar-refractivity contribution >= 4 is 11.6 Å². The molecule has 0 aliphatic carbocycles. The molecule has 20 heavy (non-hydrogen) atoms. The third-order valence-electron chi connectivity index (χ3n) is 4.07. The van der Waals surface area contributed by atoms with E-state index in [4.69, 9.17) is 4.74 Å². The van der Waals surface area contributed by atoms with Crippen LogP contribution in [0.2, 0.25) is 0 Å². The van der Waals surface area contributed by atoms with Crippen LogP contribution >= 0.6 is 0 Å². The second-order valence-corrected chi connectivity index (χ2v) is 5.25. The standard InChI is InChI=1S/C15H22N2O3/c1-3-15(7-4-8-16-10-15)14(19)17-11-5-6-13(20-2)12(18)9-11/h5-6,9,16,18H,3-4,7-8,10H2,1-2H3,(H,17,19). The molecule has 1 aromatic carbocycles. The molecule has 0 aromatic heterocycles. The summed E-state index contributed by atoms with van der Waals surface area (Å²) in [4.78, 5) is 12.5. The van der Waals surface area contributed by atoms with Crippen molar-refractivity contribution < 1.29 is 14.6 Å². The van der Waals surface area contributed by atoms with Crippen LogP contribution in [0.5, 0.6) is 11.5 Å². The number of benzene rings is 1. The summed E-state index contributed by atoms with van der Waals surface area (Å²) in [5.41, 5.74) is 0.236. The van der Waals surface area contributed by atoms with Gasteiger partial charge < -0.3 is 20.5 Å². The van der Waals surface area contributed by atoms with Crippen LogP contribution in [-0.2, 0) is 4.79 Å². The van der Waals surface area contributed by atoms with Gasteiger partial charge >= 0.3 is 0 Å². The normalized spacial score (nSPS) is 22.3. The van der Waals surface area contributed by atoms with Gasteiger partial charge in [0, 0.05) is 18.3 Å². The highest BCUT2D eigenvalue weighted by molar-refractivity contribution is 5.95. The number of ether oxygens (including phenoxy) is 1. The molecule has 1 amide bonds. The Hall–Kier alpha value is -1.75. The monoisotopic (exact) mass is 278 g/mol. The molecular weight excluding hydrogens is 256 g/mol. The molecule has 0 radical (unpaired) electrons. The summed E-state index contributed by atoms with van der Waals surface area (Å²) in [6.45, 7) is 3.72. The molecule has 2 rings (SSSR count). The van der Waals surface area contributed by atoms with Gasteiger partial charge in [0.2, 0.25) is 5.91 Å². The number of hydrogen-bond acceptors (Lipinski definition) is 4. The number of phenols is 1. The van der Waals surface area contributed by atoms with Gasteiger partial charge in [0.05, 0.1) is 12.5 Å². The summed E-state index contributed by atoms with van der Waals surface area (Å²) >= 11 is 0. The summed E-state index contributed by atoms with van der Waals surface area (Å²) in [5.74, 6) is 0.432. The number of amides is 1. The van der Waals surface area contributed by atoms with Crippen LogP contribution in [0, 0.1) is 5.41 Å². The molecule has 1 heterocycles. The van der Waals surface area contributed by atoms with Gasteiger partial charge in [0.1, 0.15) is 0 Å². The highest BCUT2D eigenvalue weighted by Crippen LogP contribution is 2.33. The summed E-state index contributed by atoms with van der Waals surface area (Å²) in [5, 5.41) is 15.9. The average molecular weight is 278 g/mol. The van der Waals surface area contributed by atoms with E-state index in [0.717, 1.165) is 25.8 Å². The zero-order valence-electron chi connectivity index (χ0n) is 12.0. The second kappa shape index (κ2) is 6.13. The van der Waals surface area contributed by atoms with Gasteiger partial charge in [-0.05, 0) is 37.9 Å². The van der Waals surface area contributed by atoms with Crippen LogP contribution in [0.15, 0.2) is 18.2 Å². The smallest absolute Gasteiger partial charge is 0.231 e. The number of methoxy groups -OCH3 is 1. The fraction of sp³-hybridized carbons (Fsp3) is 0.533. The first-order valence-electron chi connectivity index (χ1n) is 7.00. The maximum absolute atomic E-state index is 12.5. The van der Waals surface area contributed by atoms with Crippen molar-refractivity contribution in [2.75, 3.05) is 25.5 Å². The van der Waals surface area contributed by atoms with E-state index in [1.165, 1.54) is 13.2 Å². The van der Waals surface area contributed by atoms with Crippen LogP contribution in [-0.4, -0.2) is 31.2 Å². The Morgan fingerprint density at radius 2 is 2.35 bits per heavy atom. The Kier molecular flexibility index (Phi) is 4.49. The molecule has 1 fully saturated rings. The first-order chi connectivity index (χ1) is 9.61. The molecule has 1 atom stereocenters. The van der Waals surface area contributed by atoms with Gasteiger partial charge in [-0.3, -0.25) is 4.79 Å². The number of carbonyl (C=O) groups excluding carboxylic acids is 1. The van der Waals surface area contributed by atoms with Crippen LogP contribution in [0.3, 0.4) is 0 Å². The van der Waals surface area contributed by atoms with Crippen molar-refractivity contribution in [3.63, 3.8) is 0 Å². The number of rotatable bonds is 4. The van der Waals surface area contributed by atoms with Crippen molar-refractivity contribution in [3.05, 3.63) is 18.2 Å². The molecule has 3 N–H and O–H groups in total. The fourth-order valence-corrected chi connectivity index (χ4v) is 2.66. The molecule has 0 bridgehead atoms. The van der Waals surface area contributed by atoms with Crippen LogP contribution in [0.4, 0.5) is 5.69 Å². The third-order valence-corrected chi connectivity index (χ3v) is 4.07. The Labute approximate surface area is 119 Å². The molecule has 1 aliphatic heterocycles. The zero-order chi connectivity index (χ0) is 14.6. The van der Waals surface area contributed by atoms with Crippen molar-refractivity contribution in [3.8, 4) is 11.5 Å². The Bertz CT molecular complexity index is 482. The molecule has 0 saturated carbocycles. The van der Waals surface area contributed by atoms with E-state index in [1.807, 2.05) is 6.92 Å². The highest BCUT2D eigenvalue weighted by Gasteiger charge is 2.37. The molecule has 110 valence electrons. The SMILES string of the molecule is CCC1(C(=O)Nc2ccc(OC)c(O)c2)CCCNC1. The van der Waals surface area contributed by atoms with E-state index in [9.17, 15) is 9.90 Å². The first-order valence-corrected chi connectivity index (χ1v) is 7.00. The van der Waals surface area contributed by atoms with Crippen molar-refractivity contribution in [1.82, 2.24) is 5.32 Å².